The largest absolute Gasteiger partial charge is 0.464 e. The number of ether oxygens (including phenoxy) is 1. The third-order valence-electron chi connectivity index (χ3n) is 1.46. The smallest absolute Gasteiger partial charge is 0.356 e. The van der Waals surface area contributed by atoms with E-state index in [1.54, 1.807) is 12.1 Å². The maximum atomic E-state index is 11.0. The first-order valence-electron chi connectivity index (χ1n) is 3.48. The summed E-state index contributed by atoms with van der Waals surface area (Å²) in [4.78, 5) is 14.9. The number of methoxy groups -OCH3 is 1. The summed E-state index contributed by atoms with van der Waals surface area (Å²) in [6.45, 7) is 0. The van der Waals surface area contributed by atoms with Crippen LogP contribution in [-0.2, 0) is 10.1 Å². The van der Waals surface area contributed by atoms with Crippen LogP contribution in [0, 0.1) is 0 Å². The maximum Gasteiger partial charge on any atom is 0.356 e. The quantitative estimate of drug-likeness (QED) is 0.468. The summed E-state index contributed by atoms with van der Waals surface area (Å²) in [5.74, 6) is -0.483. The highest BCUT2D eigenvalue weighted by molar-refractivity contribution is 9.08. The van der Waals surface area contributed by atoms with E-state index in [4.69, 9.17) is 11.6 Å². The van der Waals surface area contributed by atoms with Gasteiger partial charge in [0.15, 0.2) is 0 Å². The zero-order valence-corrected chi connectivity index (χ0v) is 9.22. The minimum absolute atomic E-state index is 0.220. The number of carbonyl (C=O) groups excluding carboxylic acids is 1. The molecular formula is C8H7BrClNO2. The molecule has 0 radical (unpaired) electrons. The molecule has 0 aliphatic rings. The minimum Gasteiger partial charge on any atom is -0.464 e. The van der Waals surface area contributed by atoms with Crippen molar-refractivity contribution >= 4 is 33.5 Å². The molecule has 0 amide bonds. The zero-order valence-electron chi connectivity index (χ0n) is 6.88. The highest BCUT2D eigenvalue weighted by Gasteiger charge is 2.09. The van der Waals surface area contributed by atoms with Crippen LogP contribution in [0.25, 0.3) is 0 Å². The fourth-order valence-electron chi connectivity index (χ4n) is 0.781. The normalized spacial score (nSPS) is 9.77. The predicted molar refractivity (Wildman–Crippen MR) is 53.2 cm³/mol. The van der Waals surface area contributed by atoms with Crippen LogP contribution in [0.5, 0.6) is 0 Å². The van der Waals surface area contributed by atoms with Gasteiger partial charge < -0.3 is 4.74 Å². The number of aromatic nitrogens is 1. The molecule has 1 aromatic rings. The Balaban J connectivity index is 3.02. The highest BCUT2D eigenvalue weighted by Crippen LogP contribution is 2.16. The van der Waals surface area contributed by atoms with Crippen LogP contribution in [0.4, 0.5) is 0 Å². The van der Waals surface area contributed by atoms with E-state index in [1.165, 1.54) is 7.11 Å². The van der Waals surface area contributed by atoms with Gasteiger partial charge in [-0.3, -0.25) is 0 Å². The summed E-state index contributed by atoms with van der Waals surface area (Å²) in [6.07, 6.45) is 0. The van der Waals surface area contributed by atoms with Crippen molar-refractivity contribution in [2.24, 2.45) is 0 Å². The topological polar surface area (TPSA) is 39.2 Å². The lowest BCUT2D eigenvalue weighted by molar-refractivity contribution is 0.0594. The van der Waals surface area contributed by atoms with Crippen LogP contribution >= 0.6 is 27.5 Å². The van der Waals surface area contributed by atoms with E-state index in [0.29, 0.717) is 10.5 Å². The Kier molecular flexibility index (Phi) is 3.69. The summed E-state index contributed by atoms with van der Waals surface area (Å²) in [7, 11) is 1.30. The molecule has 0 aromatic carbocycles. The molecule has 0 aliphatic heterocycles. The second kappa shape index (κ2) is 4.58. The van der Waals surface area contributed by atoms with E-state index < -0.39 is 5.97 Å². The second-order valence-corrected chi connectivity index (χ2v) is 3.19. The average Bonchev–Trinajstić information content (AvgIpc) is 2.16. The number of esters is 1. The first-order valence-corrected chi connectivity index (χ1v) is 4.98. The number of hydrogen-bond acceptors (Lipinski definition) is 3. The Labute approximate surface area is 89.2 Å². The van der Waals surface area contributed by atoms with Gasteiger partial charge in [-0.25, -0.2) is 9.78 Å². The molecule has 0 unspecified atom stereocenters. The monoisotopic (exact) mass is 263 g/mol. The molecule has 0 saturated heterocycles. The van der Waals surface area contributed by atoms with Gasteiger partial charge in [-0.1, -0.05) is 33.6 Å². The lowest BCUT2D eigenvalue weighted by atomic mass is 10.3. The Morgan fingerprint density at radius 2 is 2.38 bits per heavy atom. The van der Waals surface area contributed by atoms with Crippen LogP contribution in [-0.4, -0.2) is 18.1 Å². The second-order valence-electron chi connectivity index (χ2n) is 2.27. The van der Waals surface area contributed by atoms with Gasteiger partial charge in [0.05, 0.1) is 7.11 Å². The number of nitrogens with zero attached hydrogens (tertiary/aromatic N) is 1. The zero-order chi connectivity index (χ0) is 9.84. The number of halogens is 2. The number of alkyl halides is 1. The number of pyridine rings is 1. The van der Waals surface area contributed by atoms with Crippen LogP contribution in [0.1, 0.15) is 16.1 Å². The van der Waals surface area contributed by atoms with Gasteiger partial charge in [0, 0.05) is 10.9 Å². The van der Waals surface area contributed by atoms with Crippen molar-refractivity contribution in [1.82, 2.24) is 4.98 Å². The van der Waals surface area contributed by atoms with Gasteiger partial charge in [0.1, 0.15) is 10.8 Å². The Hall–Kier alpha value is -0.610. The van der Waals surface area contributed by atoms with Crippen LogP contribution in [0.3, 0.4) is 0 Å². The van der Waals surface area contributed by atoms with Gasteiger partial charge >= 0.3 is 5.97 Å². The molecule has 1 heterocycles. The van der Waals surface area contributed by atoms with Gasteiger partial charge in [-0.15, -0.1) is 0 Å². The fraction of sp³-hybridized carbons (Fsp3) is 0.250. The minimum atomic E-state index is -0.483. The van der Waals surface area contributed by atoms with E-state index in [-0.39, 0.29) is 5.69 Å². The van der Waals surface area contributed by atoms with Crippen LogP contribution < -0.4 is 0 Å². The molecule has 1 rings (SSSR count). The lowest BCUT2D eigenvalue weighted by Gasteiger charge is -2.01. The molecule has 70 valence electrons. The van der Waals surface area contributed by atoms with Crippen molar-refractivity contribution < 1.29 is 9.53 Å². The number of hydrogen-bond donors (Lipinski definition) is 0. The Morgan fingerprint density at radius 1 is 1.69 bits per heavy atom. The first kappa shape index (κ1) is 10.5. The van der Waals surface area contributed by atoms with Gasteiger partial charge in [0.25, 0.3) is 0 Å². The molecule has 0 aliphatic carbocycles. The average molecular weight is 265 g/mol. The lowest BCUT2D eigenvalue weighted by Crippen LogP contribution is -2.04. The van der Waals surface area contributed by atoms with Crippen molar-refractivity contribution in [2.45, 2.75) is 5.33 Å². The van der Waals surface area contributed by atoms with Crippen LogP contribution in [0.15, 0.2) is 12.1 Å². The van der Waals surface area contributed by atoms with Gasteiger partial charge in [-0.2, -0.15) is 0 Å². The highest BCUT2D eigenvalue weighted by atomic mass is 79.9. The van der Waals surface area contributed by atoms with Gasteiger partial charge in [0.2, 0.25) is 0 Å². The third-order valence-corrected chi connectivity index (χ3v) is 2.40. The summed E-state index contributed by atoms with van der Waals surface area (Å²) >= 11 is 9.03. The van der Waals surface area contributed by atoms with E-state index in [2.05, 4.69) is 25.7 Å². The molecule has 0 atom stereocenters. The van der Waals surface area contributed by atoms with E-state index in [9.17, 15) is 4.79 Å². The molecule has 13 heavy (non-hydrogen) atoms. The van der Waals surface area contributed by atoms with Crippen LogP contribution in [0.2, 0.25) is 5.15 Å². The van der Waals surface area contributed by atoms with Crippen molar-refractivity contribution in [2.75, 3.05) is 7.11 Å². The van der Waals surface area contributed by atoms with Crippen molar-refractivity contribution in [3.05, 3.63) is 28.5 Å². The molecule has 1 aromatic heterocycles. The molecule has 5 heteroatoms. The van der Waals surface area contributed by atoms with Crippen molar-refractivity contribution in [3.8, 4) is 0 Å². The predicted octanol–water partition coefficient (Wildman–Crippen LogP) is 2.42. The number of rotatable bonds is 2. The van der Waals surface area contributed by atoms with Gasteiger partial charge in [-0.05, 0) is 6.07 Å². The summed E-state index contributed by atoms with van der Waals surface area (Å²) in [5.41, 5.74) is 1.06. The molecule has 3 nitrogen and oxygen atoms in total. The van der Waals surface area contributed by atoms with Crippen molar-refractivity contribution in [3.63, 3.8) is 0 Å². The molecule has 0 N–H and O–H groups in total. The molecule has 0 fully saturated rings. The maximum absolute atomic E-state index is 11.0. The molecule has 0 bridgehead atoms. The fourth-order valence-corrected chi connectivity index (χ4v) is 1.62. The molecule has 0 saturated carbocycles. The van der Waals surface area contributed by atoms with E-state index in [0.717, 1.165) is 5.56 Å². The number of carbonyl (C=O) groups is 1. The van der Waals surface area contributed by atoms with E-state index in [1.807, 2.05) is 0 Å². The molecule has 0 spiro atoms. The Morgan fingerprint density at radius 3 is 2.85 bits per heavy atom. The SMILES string of the molecule is COC(=O)c1ccc(CBr)c(Cl)n1. The van der Waals surface area contributed by atoms with E-state index >= 15 is 0 Å². The van der Waals surface area contributed by atoms with Crippen molar-refractivity contribution in [1.29, 1.82) is 0 Å². The Bertz CT molecular complexity index is 330. The first-order chi connectivity index (χ1) is 6.19. The summed E-state index contributed by atoms with van der Waals surface area (Å²) in [6, 6.07) is 3.31. The third kappa shape index (κ3) is 2.42. The standard InChI is InChI=1S/C8H7BrClNO2/c1-13-8(12)6-3-2-5(4-9)7(10)11-6/h2-3H,4H2,1H3. The summed E-state index contributed by atoms with van der Waals surface area (Å²) < 4.78 is 4.49. The molecular weight excluding hydrogens is 257 g/mol. The summed E-state index contributed by atoms with van der Waals surface area (Å²) in [5, 5.41) is 0.931.